The quantitative estimate of drug-likeness (QED) is 0.532. The fourth-order valence-electron chi connectivity index (χ4n) is 0.964. The fraction of sp³-hybridized carbons (Fsp3) is 0.714. The molecule has 0 aromatic rings. The van der Waals surface area contributed by atoms with Crippen molar-refractivity contribution in [1.82, 2.24) is 0 Å². The Hall–Kier alpha value is -0.300. The van der Waals surface area contributed by atoms with Crippen molar-refractivity contribution in [2.75, 3.05) is 6.61 Å². The van der Waals surface area contributed by atoms with Gasteiger partial charge in [0.05, 0.1) is 0 Å². The minimum absolute atomic E-state index is 0.370. The molecule has 0 saturated heterocycles. The molecular formula is C7H12O. The molecule has 8 heavy (non-hydrogen) atoms. The van der Waals surface area contributed by atoms with Gasteiger partial charge in [-0.2, -0.15) is 0 Å². The van der Waals surface area contributed by atoms with Crippen LogP contribution in [0, 0.1) is 11.8 Å². The zero-order valence-corrected chi connectivity index (χ0v) is 5.17. The summed E-state index contributed by atoms with van der Waals surface area (Å²) in [5.74, 6) is 1.29. The summed E-state index contributed by atoms with van der Waals surface area (Å²) in [6, 6.07) is 0. The molecule has 1 heteroatoms. The largest absolute Gasteiger partial charge is 0.396 e. The van der Waals surface area contributed by atoms with Crippen LogP contribution in [0.15, 0.2) is 12.2 Å². The third-order valence-corrected chi connectivity index (χ3v) is 1.65. The average Bonchev–Trinajstić information content (AvgIpc) is 2.48. The summed E-state index contributed by atoms with van der Waals surface area (Å²) in [4.78, 5) is 0. The molecule has 0 aromatic carbocycles. The van der Waals surface area contributed by atoms with E-state index in [-0.39, 0.29) is 0 Å². The van der Waals surface area contributed by atoms with Crippen LogP contribution >= 0.6 is 0 Å². The molecule has 1 aliphatic rings. The molecule has 1 nitrogen and oxygen atoms in total. The topological polar surface area (TPSA) is 20.2 Å². The SMILES string of the molecule is C/C=C/[C@H]1C[C@@H]1CO. The van der Waals surface area contributed by atoms with E-state index < -0.39 is 0 Å². The molecule has 0 unspecified atom stereocenters. The molecule has 0 amide bonds. The van der Waals surface area contributed by atoms with Crippen LogP contribution in [0.4, 0.5) is 0 Å². The Morgan fingerprint density at radius 2 is 2.50 bits per heavy atom. The van der Waals surface area contributed by atoms with Gasteiger partial charge < -0.3 is 5.11 Å². The van der Waals surface area contributed by atoms with E-state index in [0.29, 0.717) is 18.4 Å². The lowest BCUT2D eigenvalue weighted by molar-refractivity contribution is 0.272. The Bertz CT molecular complexity index is 96.6. The van der Waals surface area contributed by atoms with Gasteiger partial charge in [0.2, 0.25) is 0 Å². The third kappa shape index (κ3) is 1.10. The molecule has 0 heterocycles. The summed E-state index contributed by atoms with van der Waals surface area (Å²) in [7, 11) is 0. The van der Waals surface area contributed by atoms with Crippen molar-refractivity contribution in [3.63, 3.8) is 0 Å². The average molecular weight is 112 g/mol. The number of hydrogen-bond donors (Lipinski definition) is 1. The predicted molar refractivity (Wildman–Crippen MR) is 33.5 cm³/mol. The normalized spacial score (nSPS) is 36.2. The van der Waals surface area contributed by atoms with E-state index in [1.54, 1.807) is 0 Å². The Balaban J connectivity index is 2.17. The summed E-state index contributed by atoms with van der Waals surface area (Å²) in [5.41, 5.74) is 0. The maximum absolute atomic E-state index is 8.57. The highest BCUT2D eigenvalue weighted by molar-refractivity contribution is 5.00. The van der Waals surface area contributed by atoms with Crippen molar-refractivity contribution in [2.24, 2.45) is 11.8 Å². The summed E-state index contributed by atoms with van der Waals surface area (Å²) in [6.45, 7) is 2.39. The van der Waals surface area contributed by atoms with E-state index in [9.17, 15) is 0 Å². The lowest BCUT2D eigenvalue weighted by Crippen LogP contribution is -1.84. The zero-order valence-electron chi connectivity index (χ0n) is 5.17. The maximum Gasteiger partial charge on any atom is 0.0465 e. The lowest BCUT2D eigenvalue weighted by atomic mass is 10.3. The Morgan fingerprint density at radius 1 is 1.75 bits per heavy atom. The van der Waals surface area contributed by atoms with Gasteiger partial charge in [0.25, 0.3) is 0 Å². The van der Waals surface area contributed by atoms with E-state index in [4.69, 9.17) is 5.11 Å². The fourth-order valence-corrected chi connectivity index (χ4v) is 0.964. The van der Waals surface area contributed by atoms with Crippen LogP contribution in [0.25, 0.3) is 0 Å². The van der Waals surface area contributed by atoms with Crippen LogP contribution in [0.2, 0.25) is 0 Å². The molecule has 1 saturated carbocycles. The first-order chi connectivity index (χ1) is 3.88. The van der Waals surface area contributed by atoms with Crippen molar-refractivity contribution in [2.45, 2.75) is 13.3 Å². The standard InChI is InChI=1S/C7H12O/c1-2-3-6-4-7(6)5-8/h2-3,6-8H,4-5H2,1H3/b3-2+/t6-,7+/m0/s1. The number of aliphatic hydroxyl groups excluding tert-OH is 1. The second-order valence-corrected chi connectivity index (χ2v) is 2.37. The highest BCUT2D eigenvalue weighted by Gasteiger charge is 2.33. The van der Waals surface area contributed by atoms with Crippen molar-refractivity contribution >= 4 is 0 Å². The smallest absolute Gasteiger partial charge is 0.0465 e. The molecule has 1 rings (SSSR count). The maximum atomic E-state index is 8.57. The van der Waals surface area contributed by atoms with E-state index in [0.717, 1.165) is 0 Å². The molecule has 0 radical (unpaired) electrons. The van der Waals surface area contributed by atoms with Gasteiger partial charge in [-0.05, 0) is 25.2 Å². The highest BCUT2D eigenvalue weighted by atomic mass is 16.3. The highest BCUT2D eigenvalue weighted by Crippen LogP contribution is 2.38. The van der Waals surface area contributed by atoms with Gasteiger partial charge in [-0.3, -0.25) is 0 Å². The first-order valence-corrected chi connectivity index (χ1v) is 3.12. The summed E-state index contributed by atoms with van der Waals surface area (Å²) < 4.78 is 0. The summed E-state index contributed by atoms with van der Waals surface area (Å²) in [5, 5.41) is 8.57. The van der Waals surface area contributed by atoms with Gasteiger partial charge in [-0.15, -0.1) is 0 Å². The summed E-state index contributed by atoms with van der Waals surface area (Å²) in [6.07, 6.45) is 5.42. The Kier molecular flexibility index (Phi) is 1.69. The Labute approximate surface area is 50.0 Å². The van der Waals surface area contributed by atoms with Crippen LogP contribution in [0.3, 0.4) is 0 Å². The van der Waals surface area contributed by atoms with Gasteiger partial charge in [0.1, 0.15) is 0 Å². The van der Waals surface area contributed by atoms with E-state index >= 15 is 0 Å². The molecule has 2 atom stereocenters. The number of rotatable bonds is 2. The van der Waals surface area contributed by atoms with Crippen LogP contribution in [0.5, 0.6) is 0 Å². The minimum Gasteiger partial charge on any atom is -0.396 e. The second kappa shape index (κ2) is 2.31. The van der Waals surface area contributed by atoms with Crippen LogP contribution in [-0.2, 0) is 0 Å². The second-order valence-electron chi connectivity index (χ2n) is 2.37. The molecule has 0 bridgehead atoms. The number of hydrogen-bond acceptors (Lipinski definition) is 1. The molecular weight excluding hydrogens is 100 g/mol. The predicted octanol–water partition coefficient (Wildman–Crippen LogP) is 1.19. The van der Waals surface area contributed by atoms with Crippen LogP contribution < -0.4 is 0 Å². The van der Waals surface area contributed by atoms with Gasteiger partial charge in [0, 0.05) is 6.61 Å². The van der Waals surface area contributed by atoms with Crippen molar-refractivity contribution < 1.29 is 5.11 Å². The molecule has 46 valence electrons. The molecule has 1 N–H and O–H groups in total. The zero-order chi connectivity index (χ0) is 5.98. The van der Waals surface area contributed by atoms with Gasteiger partial charge in [0.15, 0.2) is 0 Å². The first kappa shape index (κ1) is 5.83. The third-order valence-electron chi connectivity index (χ3n) is 1.65. The number of allylic oxidation sites excluding steroid dienone is 2. The Morgan fingerprint density at radius 3 is 2.88 bits per heavy atom. The molecule has 1 fully saturated rings. The van der Waals surface area contributed by atoms with Crippen molar-refractivity contribution in [3.8, 4) is 0 Å². The molecule has 1 aliphatic carbocycles. The van der Waals surface area contributed by atoms with Crippen molar-refractivity contribution in [1.29, 1.82) is 0 Å². The first-order valence-electron chi connectivity index (χ1n) is 3.12. The summed E-state index contributed by atoms with van der Waals surface area (Å²) >= 11 is 0. The molecule has 0 aliphatic heterocycles. The number of aliphatic hydroxyl groups is 1. The van der Waals surface area contributed by atoms with Crippen LogP contribution in [-0.4, -0.2) is 11.7 Å². The molecule has 0 spiro atoms. The van der Waals surface area contributed by atoms with Crippen molar-refractivity contribution in [3.05, 3.63) is 12.2 Å². The van der Waals surface area contributed by atoms with E-state index in [1.165, 1.54) is 6.42 Å². The minimum atomic E-state index is 0.370. The van der Waals surface area contributed by atoms with Gasteiger partial charge in [-0.25, -0.2) is 0 Å². The monoisotopic (exact) mass is 112 g/mol. The molecule has 0 aromatic heterocycles. The van der Waals surface area contributed by atoms with Gasteiger partial charge in [-0.1, -0.05) is 12.2 Å². The van der Waals surface area contributed by atoms with E-state index in [1.807, 2.05) is 6.92 Å². The van der Waals surface area contributed by atoms with Gasteiger partial charge >= 0.3 is 0 Å². The van der Waals surface area contributed by atoms with Crippen LogP contribution in [0.1, 0.15) is 13.3 Å². The lowest BCUT2D eigenvalue weighted by Gasteiger charge is -1.82. The van der Waals surface area contributed by atoms with E-state index in [2.05, 4.69) is 12.2 Å².